The van der Waals surface area contributed by atoms with Crippen LogP contribution >= 0.6 is 11.3 Å². The first kappa shape index (κ1) is 17.2. The minimum atomic E-state index is -0.440. The van der Waals surface area contributed by atoms with Crippen LogP contribution in [0, 0.1) is 0 Å². The van der Waals surface area contributed by atoms with Crippen molar-refractivity contribution in [1.29, 1.82) is 0 Å². The quantitative estimate of drug-likeness (QED) is 0.849. The number of likely N-dealkylation sites (N-methyl/N-ethyl adjacent to an activating group) is 1. The highest BCUT2D eigenvalue weighted by atomic mass is 32.1. The number of thiazole rings is 1. The molecule has 1 aliphatic heterocycles. The molecule has 0 spiro atoms. The zero-order valence-electron chi connectivity index (χ0n) is 14.2. The highest BCUT2D eigenvalue weighted by molar-refractivity contribution is 7.09. The molecule has 1 amide bonds. The highest BCUT2D eigenvalue weighted by Gasteiger charge is 2.33. The molecule has 0 aliphatic carbocycles. The molecule has 0 N–H and O–H groups in total. The van der Waals surface area contributed by atoms with Crippen LogP contribution in [0.3, 0.4) is 0 Å². The number of carbonyl (C=O) groups excluding carboxylic acids is 1. The fourth-order valence-electron chi connectivity index (χ4n) is 2.71. The topological polar surface area (TPSA) is 45.7 Å². The maximum absolute atomic E-state index is 12.3. The molecule has 124 valence electrons. The normalized spacial score (nSPS) is 20.5. The van der Waals surface area contributed by atoms with Gasteiger partial charge in [-0.1, -0.05) is 0 Å². The van der Waals surface area contributed by atoms with Crippen molar-refractivity contribution in [3.63, 3.8) is 0 Å². The minimum absolute atomic E-state index is 0.190. The Kier molecular flexibility index (Phi) is 5.45. The van der Waals surface area contributed by atoms with E-state index in [0.717, 1.165) is 30.9 Å². The third kappa shape index (κ3) is 4.43. The van der Waals surface area contributed by atoms with Gasteiger partial charge in [0.1, 0.15) is 10.6 Å². The van der Waals surface area contributed by atoms with Crippen molar-refractivity contribution in [2.45, 2.75) is 58.2 Å². The van der Waals surface area contributed by atoms with E-state index in [4.69, 9.17) is 4.74 Å². The van der Waals surface area contributed by atoms with Crippen LogP contribution in [0.15, 0.2) is 11.6 Å². The van der Waals surface area contributed by atoms with Crippen LogP contribution in [-0.2, 0) is 4.74 Å². The fourth-order valence-corrected chi connectivity index (χ4v) is 3.47. The van der Waals surface area contributed by atoms with Crippen LogP contribution in [0.5, 0.6) is 0 Å². The van der Waals surface area contributed by atoms with Crippen LogP contribution < -0.4 is 0 Å². The molecule has 0 radical (unpaired) electrons. The number of nitrogens with zero attached hydrogens (tertiary/aromatic N) is 3. The summed E-state index contributed by atoms with van der Waals surface area (Å²) >= 11 is 1.67. The summed E-state index contributed by atoms with van der Waals surface area (Å²) in [7, 11) is 2.09. The van der Waals surface area contributed by atoms with Gasteiger partial charge in [0.15, 0.2) is 0 Å². The summed E-state index contributed by atoms with van der Waals surface area (Å²) in [5, 5.41) is 3.12. The molecule has 1 aromatic rings. The van der Waals surface area contributed by atoms with Gasteiger partial charge in [0.2, 0.25) is 0 Å². The number of hydrogen-bond donors (Lipinski definition) is 0. The second-order valence-electron chi connectivity index (χ2n) is 6.96. The third-order valence-electron chi connectivity index (χ3n) is 3.97. The first-order valence-electron chi connectivity index (χ1n) is 7.87. The number of carbonyl (C=O) groups is 1. The van der Waals surface area contributed by atoms with Gasteiger partial charge >= 0.3 is 6.09 Å². The van der Waals surface area contributed by atoms with E-state index in [9.17, 15) is 4.79 Å². The largest absolute Gasteiger partial charge is 0.444 e. The molecule has 2 heterocycles. The van der Waals surface area contributed by atoms with Crippen LogP contribution in [0.4, 0.5) is 4.79 Å². The number of ether oxygens (including phenoxy) is 1. The first-order valence-corrected chi connectivity index (χ1v) is 8.75. The zero-order valence-corrected chi connectivity index (χ0v) is 15.0. The average molecular weight is 325 g/mol. The van der Waals surface area contributed by atoms with Gasteiger partial charge in [-0.3, -0.25) is 4.90 Å². The molecule has 6 heteroatoms. The van der Waals surface area contributed by atoms with Crippen molar-refractivity contribution in [3.05, 3.63) is 16.6 Å². The van der Waals surface area contributed by atoms with E-state index < -0.39 is 5.60 Å². The van der Waals surface area contributed by atoms with E-state index in [2.05, 4.69) is 23.9 Å². The third-order valence-corrected chi connectivity index (χ3v) is 4.92. The summed E-state index contributed by atoms with van der Waals surface area (Å²) in [6, 6.07) is 0.489. The smallest absolute Gasteiger partial charge is 0.410 e. The molecule has 5 nitrogen and oxygen atoms in total. The van der Waals surface area contributed by atoms with E-state index in [1.165, 1.54) is 0 Å². The van der Waals surface area contributed by atoms with E-state index in [-0.39, 0.29) is 18.2 Å². The number of likely N-dealkylation sites (tertiary alicyclic amines) is 1. The van der Waals surface area contributed by atoms with Gasteiger partial charge in [0, 0.05) is 30.7 Å². The predicted octanol–water partition coefficient (Wildman–Crippen LogP) is 3.54. The summed E-state index contributed by atoms with van der Waals surface area (Å²) in [6.07, 6.45) is 3.73. The standard InChI is InChI=1S/C16H27N3O2S/c1-12(14-17-8-10-22-14)18(5)11-13-7-6-9-19(13)15(20)21-16(2,3)4/h8,10,12-13H,6-7,9,11H2,1-5H3. The molecule has 0 saturated carbocycles. The highest BCUT2D eigenvalue weighted by Crippen LogP contribution is 2.25. The maximum atomic E-state index is 12.3. The summed E-state index contributed by atoms with van der Waals surface area (Å²) in [6.45, 7) is 9.52. The van der Waals surface area contributed by atoms with Crippen LogP contribution in [0.25, 0.3) is 0 Å². The Morgan fingerprint density at radius 1 is 1.59 bits per heavy atom. The monoisotopic (exact) mass is 325 g/mol. The fraction of sp³-hybridized carbons (Fsp3) is 0.750. The Morgan fingerprint density at radius 3 is 2.91 bits per heavy atom. The number of hydrogen-bond acceptors (Lipinski definition) is 5. The molecular weight excluding hydrogens is 298 g/mol. The Labute approximate surface area is 137 Å². The van der Waals surface area contributed by atoms with Gasteiger partial charge in [-0.05, 0) is 47.6 Å². The van der Waals surface area contributed by atoms with E-state index in [1.807, 2.05) is 37.2 Å². The van der Waals surface area contributed by atoms with Crippen molar-refractivity contribution in [1.82, 2.24) is 14.8 Å². The molecule has 2 unspecified atom stereocenters. The van der Waals surface area contributed by atoms with Crippen molar-refractivity contribution in [3.8, 4) is 0 Å². The molecule has 0 bridgehead atoms. The number of aromatic nitrogens is 1. The molecule has 2 atom stereocenters. The zero-order chi connectivity index (χ0) is 16.3. The number of rotatable bonds is 4. The molecule has 22 heavy (non-hydrogen) atoms. The SMILES string of the molecule is CC(c1nccs1)N(C)CC1CCCN1C(=O)OC(C)(C)C. The van der Waals surface area contributed by atoms with Gasteiger partial charge in [-0.2, -0.15) is 0 Å². The molecule has 1 fully saturated rings. The minimum Gasteiger partial charge on any atom is -0.444 e. The lowest BCUT2D eigenvalue weighted by atomic mass is 10.2. The maximum Gasteiger partial charge on any atom is 0.410 e. The van der Waals surface area contributed by atoms with Crippen LogP contribution in [-0.4, -0.2) is 52.7 Å². The lowest BCUT2D eigenvalue weighted by Gasteiger charge is -2.32. The lowest BCUT2D eigenvalue weighted by Crippen LogP contribution is -2.44. The second-order valence-corrected chi connectivity index (χ2v) is 7.88. The summed E-state index contributed by atoms with van der Waals surface area (Å²) in [5.74, 6) is 0. The molecule has 1 aliphatic rings. The molecular formula is C16H27N3O2S. The molecule has 1 aromatic heterocycles. The van der Waals surface area contributed by atoms with Crippen LogP contribution in [0.1, 0.15) is 51.6 Å². The summed E-state index contributed by atoms with van der Waals surface area (Å²) in [5.41, 5.74) is -0.440. The second kappa shape index (κ2) is 6.96. The van der Waals surface area contributed by atoms with Gasteiger partial charge in [0.25, 0.3) is 0 Å². The van der Waals surface area contributed by atoms with Gasteiger partial charge in [0.05, 0.1) is 6.04 Å². The summed E-state index contributed by atoms with van der Waals surface area (Å²) < 4.78 is 5.52. The Balaban J connectivity index is 1.94. The van der Waals surface area contributed by atoms with E-state index in [1.54, 1.807) is 11.3 Å². The lowest BCUT2D eigenvalue weighted by molar-refractivity contribution is 0.0193. The van der Waals surface area contributed by atoms with E-state index in [0.29, 0.717) is 0 Å². The van der Waals surface area contributed by atoms with Crippen molar-refractivity contribution in [2.75, 3.05) is 20.1 Å². The molecule has 0 aromatic carbocycles. The Hall–Kier alpha value is -1.14. The van der Waals surface area contributed by atoms with Crippen molar-refractivity contribution in [2.24, 2.45) is 0 Å². The first-order chi connectivity index (χ1) is 10.3. The van der Waals surface area contributed by atoms with Crippen molar-refractivity contribution < 1.29 is 9.53 Å². The van der Waals surface area contributed by atoms with Crippen LogP contribution in [0.2, 0.25) is 0 Å². The average Bonchev–Trinajstić information content (AvgIpc) is 3.06. The van der Waals surface area contributed by atoms with E-state index >= 15 is 0 Å². The summed E-state index contributed by atoms with van der Waals surface area (Å²) in [4.78, 5) is 20.9. The Bertz CT molecular complexity index is 484. The van der Waals surface area contributed by atoms with Gasteiger partial charge in [-0.15, -0.1) is 11.3 Å². The van der Waals surface area contributed by atoms with Gasteiger partial charge < -0.3 is 9.64 Å². The van der Waals surface area contributed by atoms with Crippen molar-refractivity contribution >= 4 is 17.4 Å². The Morgan fingerprint density at radius 2 is 2.32 bits per heavy atom. The molecule has 1 saturated heterocycles. The molecule has 2 rings (SSSR count). The van der Waals surface area contributed by atoms with Gasteiger partial charge in [-0.25, -0.2) is 9.78 Å². The number of amides is 1. The predicted molar refractivity (Wildman–Crippen MR) is 89.1 cm³/mol.